The molecule has 0 spiro atoms. The van der Waals surface area contributed by atoms with Crippen LogP contribution in [0.3, 0.4) is 0 Å². The van der Waals surface area contributed by atoms with E-state index in [2.05, 4.69) is 22.2 Å². The Hall–Kier alpha value is -2.82. The number of aryl methyl sites for hydroxylation is 2. The van der Waals surface area contributed by atoms with Gasteiger partial charge in [-0.05, 0) is 79.6 Å². The van der Waals surface area contributed by atoms with Crippen molar-refractivity contribution < 1.29 is 19.1 Å². The molecule has 0 unspecified atom stereocenters. The fourth-order valence-electron chi connectivity index (χ4n) is 3.30. The number of hydrogen-bond donors (Lipinski definition) is 1. The SMILES string of the molecule is CC[C@@H](Oc1ccc2c(c1)CCCC2)C(=O)Nc1ccc(C(=O)OC)cc1. The first-order chi connectivity index (χ1) is 13.1. The molecule has 1 amide bonds. The predicted molar refractivity (Wildman–Crippen MR) is 104 cm³/mol. The van der Waals surface area contributed by atoms with E-state index in [0.29, 0.717) is 17.7 Å². The molecule has 2 aromatic rings. The Bertz CT molecular complexity index is 814. The normalized spacial score (nSPS) is 14.0. The molecule has 5 nitrogen and oxygen atoms in total. The Morgan fingerprint density at radius 3 is 2.41 bits per heavy atom. The fraction of sp³-hybridized carbons (Fsp3) is 0.364. The van der Waals surface area contributed by atoms with Crippen LogP contribution in [-0.4, -0.2) is 25.1 Å². The lowest BCUT2D eigenvalue weighted by Gasteiger charge is -2.20. The van der Waals surface area contributed by atoms with E-state index in [-0.39, 0.29) is 5.91 Å². The zero-order valence-electron chi connectivity index (χ0n) is 15.8. The molecule has 1 aliphatic carbocycles. The summed E-state index contributed by atoms with van der Waals surface area (Å²) in [6.07, 6.45) is 4.62. The maximum Gasteiger partial charge on any atom is 0.337 e. The van der Waals surface area contributed by atoms with E-state index in [9.17, 15) is 9.59 Å². The summed E-state index contributed by atoms with van der Waals surface area (Å²) >= 11 is 0. The van der Waals surface area contributed by atoms with Gasteiger partial charge >= 0.3 is 5.97 Å². The summed E-state index contributed by atoms with van der Waals surface area (Å²) in [4.78, 5) is 24.1. The number of esters is 1. The van der Waals surface area contributed by atoms with Gasteiger partial charge in [-0.1, -0.05) is 13.0 Å². The van der Waals surface area contributed by atoms with Crippen molar-refractivity contribution in [2.75, 3.05) is 12.4 Å². The fourth-order valence-corrected chi connectivity index (χ4v) is 3.30. The van der Waals surface area contributed by atoms with E-state index in [4.69, 9.17) is 4.74 Å². The smallest absolute Gasteiger partial charge is 0.337 e. The molecule has 0 saturated heterocycles. The topological polar surface area (TPSA) is 64.6 Å². The van der Waals surface area contributed by atoms with Gasteiger partial charge in [-0.3, -0.25) is 4.79 Å². The second kappa shape index (κ2) is 8.71. The van der Waals surface area contributed by atoms with Gasteiger partial charge in [0.15, 0.2) is 6.10 Å². The van der Waals surface area contributed by atoms with E-state index in [1.807, 2.05) is 13.0 Å². The number of methoxy groups -OCH3 is 1. The zero-order valence-corrected chi connectivity index (χ0v) is 15.8. The van der Waals surface area contributed by atoms with Crippen molar-refractivity contribution in [1.29, 1.82) is 0 Å². The van der Waals surface area contributed by atoms with Crippen molar-refractivity contribution in [2.24, 2.45) is 0 Å². The van der Waals surface area contributed by atoms with Crippen molar-refractivity contribution >= 4 is 17.6 Å². The summed E-state index contributed by atoms with van der Waals surface area (Å²) in [5.74, 6) is 0.120. The van der Waals surface area contributed by atoms with Crippen molar-refractivity contribution in [2.45, 2.75) is 45.1 Å². The quantitative estimate of drug-likeness (QED) is 0.779. The molecule has 3 rings (SSSR count). The van der Waals surface area contributed by atoms with Gasteiger partial charge < -0.3 is 14.8 Å². The van der Waals surface area contributed by atoms with Crippen LogP contribution in [0.2, 0.25) is 0 Å². The number of rotatable bonds is 6. The van der Waals surface area contributed by atoms with Crippen molar-refractivity contribution in [3.63, 3.8) is 0 Å². The van der Waals surface area contributed by atoms with Gasteiger partial charge in [0.2, 0.25) is 0 Å². The van der Waals surface area contributed by atoms with E-state index in [0.717, 1.165) is 18.6 Å². The lowest BCUT2D eigenvalue weighted by molar-refractivity contribution is -0.122. The van der Waals surface area contributed by atoms with Crippen LogP contribution in [0.4, 0.5) is 5.69 Å². The number of nitrogens with one attached hydrogen (secondary N) is 1. The van der Waals surface area contributed by atoms with Crippen LogP contribution in [0.15, 0.2) is 42.5 Å². The monoisotopic (exact) mass is 367 g/mol. The maximum atomic E-state index is 12.6. The van der Waals surface area contributed by atoms with Crippen LogP contribution in [0.1, 0.15) is 47.7 Å². The number of benzene rings is 2. The minimum atomic E-state index is -0.577. The van der Waals surface area contributed by atoms with Crippen LogP contribution in [0.25, 0.3) is 0 Å². The molecule has 1 aliphatic rings. The van der Waals surface area contributed by atoms with Crippen molar-refractivity contribution in [1.82, 2.24) is 0 Å². The molecule has 1 atom stereocenters. The Labute approximate surface area is 159 Å². The molecular weight excluding hydrogens is 342 g/mol. The van der Waals surface area contributed by atoms with Crippen molar-refractivity contribution in [3.8, 4) is 5.75 Å². The van der Waals surface area contributed by atoms with Crippen LogP contribution < -0.4 is 10.1 Å². The number of ether oxygens (including phenoxy) is 2. The molecule has 0 aliphatic heterocycles. The molecule has 0 saturated carbocycles. The molecule has 0 radical (unpaired) electrons. The average molecular weight is 367 g/mol. The lowest BCUT2D eigenvalue weighted by Crippen LogP contribution is -2.32. The second-order valence-electron chi connectivity index (χ2n) is 6.71. The van der Waals surface area contributed by atoms with E-state index >= 15 is 0 Å². The number of anilines is 1. The number of fused-ring (bicyclic) bond motifs is 1. The summed E-state index contributed by atoms with van der Waals surface area (Å²) in [7, 11) is 1.34. The van der Waals surface area contributed by atoms with Gasteiger partial charge in [0.1, 0.15) is 5.75 Å². The van der Waals surface area contributed by atoms with Crippen LogP contribution >= 0.6 is 0 Å². The number of amides is 1. The second-order valence-corrected chi connectivity index (χ2v) is 6.71. The Morgan fingerprint density at radius 2 is 1.74 bits per heavy atom. The average Bonchev–Trinajstić information content (AvgIpc) is 2.71. The first-order valence-corrected chi connectivity index (χ1v) is 9.38. The summed E-state index contributed by atoms with van der Waals surface area (Å²) in [6.45, 7) is 1.92. The van der Waals surface area contributed by atoms with Crippen LogP contribution in [0, 0.1) is 0 Å². The van der Waals surface area contributed by atoms with E-state index < -0.39 is 12.1 Å². The molecule has 5 heteroatoms. The summed E-state index contributed by atoms with van der Waals surface area (Å²) in [5, 5.41) is 2.84. The summed E-state index contributed by atoms with van der Waals surface area (Å²) < 4.78 is 10.6. The maximum absolute atomic E-state index is 12.6. The Morgan fingerprint density at radius 1 is 1.04 bits per heavy atom. The summed E-state index contributed by atoms with van der Waals surface area (Å²) in [5.41, 5.74) is 3.76. The third kappa shape index (κ3) is 4.67. The van der Waals surface area contributed by atoms with Crippen molar-refractivity contribution in [3.05, 3.63) is 59.2 Å². The highest BCUT2D eigenvalue weighted by Gasteiger charge is 2.20. The largest absolute Gasteiger partial charge is 0.481 e. The lowest BCUT2D eigenvalue weighted by atomic mass is 9.92. The van der Waals surface area contributed by atoms with Crippen LogP contribution in [0.5, 0.6) is 5.75 Å². The summed E-state index contributed by atoms with van der Waals surface area (Å²) in [6, 6.07) is 12.7. The third-order valence-corrected chi connectivity index (χ3v) is 4.84. The highest BCUT2D eigenvalue weighted by molar-refractivity contribution is 5.95. The molecule has 27 heavy (non-hydrogen) atoms. The predicted octanol–water partition coefficient (Wildman–Crippen LogP) is 4.15. The number of carbonyl (C=O) groups excluding carboxylic acids is 2. The van der Waals surface area contributed by atoms with Gasteiger partial charge in [0.25, 0.3) is 5.91 Å². The Kier molecular flexibility index (Phi) is 6.12. The molecular formula is C22H25NO4. The van der Waals surface area contributed by atoms with Gasteiger partial charge in [-0.25, -0.2) is 4.79 Å². The van der Waals surface area contributed by atoms with Gasteiger partial charge in [-0.2, -0.15) is 0 Å². The molecule has 2 aromatic carbocycles. The number of hydrogen-bond acceptors (Lipinski definition) is 4. The minimum absolute atomic E-state index is 0.207. The standard InChI is InChI=1S/C22H25NO4/c1-3-20(27-19-13-10-15-6-4-5-7-17(15)14-19)21(24)23-18-11-8-16(9-12-18)22(25)26-2/h8-14,20H,3-7H2,1-2H3,(H,23,24)/t20-/m1/s1. The van der Waals surface area contributed by atoms with Crippen LogP contribution in [-0.2, 0) is 22.4 Å². The first-order valence-electron chi connectivity index (χ1n) is 9.38. The highest BCUT2D eigenvalue weighted by atomic mass is 16.5. The van der Waals surface area contributed by atoms with Gasteiger partial charge in [0.05, 0.1) is 12.7 Å². The molecule has 0 bridgehead atoms. The Balaban J connectivity index is 1.64. The van der Waals surface area contributed by atoms with Gasteiger partial charge in [0, 0.05) is 5.69 Å². The molecule has 0 fully saturated rings. The van der Waals surface area contributed by atoms with Gasteiger partial charge in [-0.15, -0.1) is 0 Å². The van der Waals surface area contributed by atoms with E-state index in [1.165, 1.54) is 31.1 Å². The molecule has 142 valence electrons. The minimum Gasteiger partial charge on any atom is -0.481 e. The zero-order chi connectivity index (χ0) is 19.2. The molecule has 1 N–H and O–H groups in total. The molecule has 0 aromatic heterocycles. The number of carbonyl (C=O) groups is 2. The van der Waals surface area contributed by atoms with E-state index in [1.54, 1.807) is 24.3 Å². The third-order valence-electron chi connectivity index (χ3n) is 4.84. The molecule has 0 heterocycles. The highest BCUT2D eigenvalue weighted by Crippen LogP contribution is 2.26. The first kappa shape index (κ1) is 19.0.